The van der Waals surface area contributed by atoms with E-state index in [4.69, 9.17) is 0 Å². The van der Waals surface area contributed by atoms with Crippen LogP contribution < -0.4 is 5.32 Å². The SMILES string of the molecule is c1ccc(Cn2cncc2CNc2cccc(-c3ccncc3)c2)cc1. The molecule has 0 radical (unpaired) electrons. The summed E-state index contributed by atoms with van der Waals surface area (Å²) in [6.07, 6.45) is 7.44. The molecular weight excluding hydrogens is 320 g/mol. The number of pyridine rings is 1. The fourth-order valence-corrected chi connectivity index (χ4v) is 2.96. The van der Waals surface area contributed by atoms with E-state index in [1.54, 1.807) is 0 Å². The molecule has 26 heavy (non-hydrogen) atoms. The minimum atomic E-state index is 0.729. The van der Waals surface area contributed by atoms with Crippen molar-refractivity contribution in [2.75, 3.05) is 5.32 Å². The van der Waals surface area contributed by atoms with Crippen molar-refractivity contribution in [1.82, 2.24) is 14.5 Å². The second-order valence-electron chi connectivity index (χ2n) is 6.17. The Hall–Kier alpha value is -3.40. The summed E-state index contributed by atoms with van der Waals surface area (Å²) in [5, 5.41) is 3.51. The zero-order chi connectivity index (χ0) is 17.6. The maximum absolute atomic E-state index is 4.31. The van der Waals surface area contributed by atoms with Crippen molar-refractivity contribution in [2.24, 2.45) is 0 Å². The third kappa shape index (κ3) is 3.81. The molecule has 0 fully saturated rings. The van der Waals surface area contributed by atoms with E-state index in [1.165, 1.54) is 11.1 Å². The van der Waals surface area contributed by atoms with Crippen LogP contribution in [0.3, 0.4) is 0 Å². The Morgan fingerprint density at radius 1 is 0.808 bits per heavy atom. The zero-order valence-corrected chi connectivity index (χ0v) is 14.4. The number of nitrogens with zero attached hydrogens (tertiary/aromatic N) is 3. The van der Waals surface area contributed by atoms with Crippen LogP contribution in [0.2, 0.25) is 0 Å². The lowest BCUT2D eigenvalue weighted by Gasteiger charge is -2.11. The second-order valence-corrected chi connectivity index (χ2v) is 6.17. The standard InChI is InChI=1S/C22H20N4/c1-2-5-18(6-3-1)16-26-17-24-14-22(26)15-25-21-8-4-7-20(13-21)19-9-11-23-12-10-19/h1-14,17,25H,15-16H2. The quantitative estimate of drug-likeness (QED) is 0.557. The predicted octanol–water partition coefficient (Wildman–Crippen LogP) is 4.61. The highest BCUT2D eigenvalue weighted by molar-refractivity contribution is 5.67. The molecule has 0 aliphatic carbocycles. The van der Waals surface area contributed by atoms with E-state index in [1.807, 2.05) is 43.1 Å². The van der Waals surface area contributed by atoms with Gasteiger partial charge in [-0.05, 0) is 41.0 Å². The minimum Gasteiger partial charge on any atom is -0.379 e. The van der Waals surface area contributed by atoms with Gasteiger partial charge < -0.3 is 9.88 Å². The predicted molar refractivity (Wildman–Crippen MR) is 105 cm³/mol. The summed E-state index contributed by atoms with van der Waals surface area (Å²) >= 11 is 0. The van der Waals surface area contributed by atoms with Crippen molar-refractivity contribution >= 4 is 5.69 Å². The summed E-state index contributed by atoms with van der Waals surface area (Å²) in [7, 11) is 0. The van der Waals surface area contributed by atoms with Crippen molar-refractivity contribution in [1.29, 1.82) is 0 Å². The molecular formula is C22H20N4. The van der Waals surface area contributed by atoms with Gasteiger partial charge in [-0.15, -0.1) is 0 Å². The van der Waals surface area contributed by atoms with E-state index in [-0.39, 0.29) is 0 Å². The number of hydrogen-bond acceptors (Lipinski definition) is 3. The molecule has 0 unspecified atom stereocenters. The van der Waals surface area contributed by atoms with Crippen molar-refractivity contribution in [3.63, 3.8) is 0 Å². The fourth-order valence-electron chi connectivity index (χ4n) is 2.96. The molecule has 4 heteroatoms. The molecule has 0 spiro atoms. The Morgan fingerprint density at radius 2 is 1.65 bits per heavy atom. The highest BCUT2D eigenvalue weighted by Gasteiger charge is 2.04. The molecule has 0 atom stereocenters. The summed E-state index contributed by atoms with van der Waals surface area (Å²) in [6.45, 7) is 1.56. The molecule has 128 valence electrons. The van der Waals surface area contributed by atoms with Crippen LogP contribution in [0.25, 0.3) is 11.1 Å². The molecule has 0 saturated carbocycles. The van der Waals surface area contributed by atoms with Gasteiger partial charge in [0, 0.05) is 30.8 Å². The first-order chi connectivity index (χ1) is 12.9. The lowest BCUT2D eigenvalue weighted by molar-refractivity contribution is 0.749. The lowest BCUT2D eigenvalue weighted by Crippen LogP contribution is -2.08. The smallest absolute Gasteiger partial charge is 0.0951 e. The number of nitrogens with one attached hydrogen (secondary N) is 1. The second kappa shape index (κ2) is 7.66. The first-order valence-electron chi connectivity index (χ1n) is 8.66. The van der Waals surface area contributed by atoms with Crippen molar-refractivity contribution < 1.29 is 0 Å². The Kier molecular flexibility index (Phi) is 4.74. The number of imidazole rings is 1. The van der Waals surface area contributed by atoms with E-state index < -0.39 is 0 Å². The summed E-state index contributed by atoms with van der Waals surface area (Å²) in [4.78, 5) is 8.39. The third-order valence-electron chi connectivity index (χ3n) is 4.34. The molecule has 4 rings (SSSR count). The van der Waals surface area contributed by atoms with Gasteiger partial charge in [-0.25, -0.2) is 4.98 Å². The van der Waals surface area contributed by atoms with E-state index in [0.29, 0.717) is 0 Å². The first kappa shape index (κ1) is 16.1. The monoisotopic (exact) mass is 340 g/mol. The molecule has 0 aliphatic rings. The molecule has 4 aromatic rings. The zero-order valence-electron chi connectivity index (χ0n) is 14.4. The van der Waals surface area contributed by atoms with Crippen LogP contribution in [0.1, 0.15) is 11.3 Å². The number of anilines is 1. The molecule has 1 N–H and O–H groups in total. The molecule has 2 heterocycles. The molecule has 2 aromatic carbocycles. The summed E-state index contributed by atoms with van der Waals surface area (Å²) in [5.41, 5.74) is 5.86. The van der Waals surface area contributed by atoms with Crippen molar-refractivity contribution in [2.45, 2.75) is 13.1 Å². The Labute approximate surface area is 153 Å². The van der Waals surface area contributed by atoms with Gasteiger partial charge in [0.1, 0.15) is 0 Å². The van der Waals surface area contributed by atoms with Crippen LogP contribution in [0.4, 0.5) is 5.69 Å². The van der Waals surface area contributed by atoms with E-state index in [9.17, 15) is 0 Å². The molecule has 2 aromatic heterocycles. The highest BCUT2D eigenvalue weighted by atomic mass is 15.1. The Morgan fingerprint density at radius 3 is 2.50 bits per heavy atom. The van der Waals surface area contributed by atoms with Crippen molar-refractivity contribution in [3.8, 4) is 11.1 Å². The summed E-state index contributed by atoms with van der Waals surface area (Å²) in [5.74, 6) is 0. The van der Waals surface area contributed by atoms with Crippen LogP contribution in [-0.4, -0.2) is 14.5 Å². The van der Waals surface area contributed by atoms with Crippen LogP contribution in [-0.2, 0) is 13.1 Å². The lowest BCUT2D eigenvalue weighted by atomic mass is 10.1. The van der Waals surface area contributed by atoms with E-state index in [0.717, 1.165) is 30.0 Å². The first-order valence-corrected chi connectivity index (χ1v) is 8.66. The fraction of sp³-hybridized carbons (Fsp3) is 0.0909. The highest BCUT2D eigenvalue weighted by Crippen LogP contribution is 2.22. The van der Waals surface area contributed by atoms with Gasteiger partial charge >= 0.3 is 0 Å². The minimum absolute atomic E-state index is 0.729. The van der Waals surface area contributed by atoms with Crippen molar-refractivity contribution in [3.05, 3.63) is 103 Å². The van der Waals surface area contributed by atoms with Crippen LogP contribution in [0.5, 0.6) is 0 Å². The molecule has 4 nitrogen and oxygen atoms in total. The van der Waals surface area contributed by atoms with Gasteiger partial charge in [-0.3, -0.25) is 4.98 Å². The van der Waals surface area contributed by atoms with Gasteiger partial charge in [0.15, 0.2) is 0 Å². The molecule has 0 bridgehead atoms. The van der Waals surface area contributed by atoms with Gasteiger partial charge in [0.2, 0.25) is 0 Å². The topological polar surface area (TPSA) is 42.7 Å². The van der Waals surface area contributed by atoms with E-state index >= 15 is 0 Å². The van der Waals surface area contributed by atoms with E-state index in [2.05, 4.69) is 68.4 Å². The molecule has 0 amide bonds. The average Bonchev–Trinajstić information content (AvgIpc) is 3.15. The van der Waals surface area contributed by atoms with Crippen LogP contribution in [0, 0.1) is 0 Å². The number of rotatable bonds is 6. The maximum Gasteiger partial charge on any atom is 0.0951 e. The number of aromatic nitrogens is 3. The summed E-state index contributed by atoms with van der Waals surface area (Å²) < 4.78 is 2.18. The number of hydrogen-bond donors (Lipinski definition) is 1. The number of benzene rings is 2. The van der Waals surface area contributed by atoms with Gasteiger partial charge in [-0.2, -0.15) is 0 Å². The Balaban J connectivity index is 1.46. The Bertz CT molecular complexity index is 962. The van der Waals surface area contributed by atoms with Gasteiger partial charge in [0.05, 0.1) is 18.6 Å². The molecule has 0 aliphatic heterocycles. The maximum atomic E-state index is 4.31. The van der Waals surface area contributed by atoms with Crippen LogP contribution >= 0.6 is 0 Å². The van der Waals surface area contributed by atoms with Gasteiger partial charge in [-0.1, -0.05) is 42.5 Å². The molecule has 0 saturated heterocycles. The third-order valence-corrected chi connectivity index (χ3v) is 4.34. The average molecular weight is 340 g/mol. The van der Waals surface area contributed by atoms with Gasteiger partial charge in [0.25, 0.3) is 0 Å². The largest absolute Gasteiger partial charge is 0.379 e. The van der Waals surface area contributed by atoms with Crippen LogP contribution in [0.15, 0.2) is 91.6 Å². The summed E-state index contributed by atoms with van der Waals surface area (Å²) in [6, 6.07) is 22.9. The normalized spacial score (nSPS) is 10.6.